The lowest BCUT2D eigenvalue weighted by molar-refractivity contribution is 0.159. The van der Waals surface area contributed by atoms with Gasteiger partial charge in [0.1, 0.15) is 5.82 Å². The molecule has 1 aliphatic rings. The summed E-state index contributed by atoms with van der Waals surface area (Å²) in [5.41, 5.74) is 2.69. The molecule has 18 heavy (non-hydrogen) atoms. The summed E-state index contributed by atoms with van der Waals surface area (Å²) in [6.45, 7) is 9.99. The van der Waals surface area contributed by atoms with Crippen LogP contribution in [-0.2, 0) is 6.42 Å². The molecule has 1 aliphatic heterocycles. The lowest BCUT2D eigenvalue weighted by Crippen LogP contribution is -2.52. The SMILES string of the molecule is Cc1cc(F)ccc1CC1(C(C)(C)C)CCCN1. The minimum Gasteiger partial charge on any atom is -0.310 e. The zero-order valence-corrected chi connectivity index (χ0v) is 11.9. The molecular formula is C16H24FN. The van der Waals surface area contributed by atoms with Crippen LogP contribution in [0.25, 0.3) is 0 Å². The third kappa shape index (κ3) is 2.44. The van der Waals surface area contributed by atoms with Crippen molar-refractivity contribution in [2.75, 3.05) is 6.54 Å². The molecule has 1 nitrogen and oxygen atoms in total. The fourth-order valence-electron chi connectivity index (χ4n) is 3.05. The van der Waals surface area contributed by atoms with Crippen molar-refractivity contribution in [1.82, 2.24) is 5.32 Å². The number of halogens is 1. The Kier molecular flexibility index (Phi) is 3.50. The van der Waals surface area contributed by atoms with Crippen molar-refractivity contribution in [3.63, 3.8) is 0 Å². The minimum absolute atomic E-state index is 0.138. The molecule has 0 aliphatic carbocycles. The molecule has 0 amide bonds. The fraction of sp³-hybridized carbons (Fsp3) is 0.625. The summed E-state index contributed by atoms with van der Waals surface area (Å²) in [4.78, 5) is 0. The van der Waals surface area contributed by atoms with Gasteiger partial charge in [-0.1, -0.05) is 26.8 Å². The van der Waals surface area contributed by atoms with Crippen LogP contribution in [0, 0.1) is 18.2 Å². The Morgan fingerprint density at radius 1 is 1.33 bits per heavy atom. The second-order valence-electron chi connectivity index (χ2n) is 6.61. The average Bonchev–Trinajstić information content (AvgIpc) is 2.71. The highest BCUT2D eigenvalue weighted by molar-refractivity contribution is 5.29. The Hall–Kier alpha value is -0.890. The first-order chi connectivity index (χ1) is 8.34. The van der Waals surface area contributed by atoms with E-state index >= 15 is 0 Å². The van der Waals surface area contributed by atoms with E-state index in [9.17, 15) is 4.39 Å². The van der Waals surface area contributed by atoms with Crippen LogP contribution in [-0.4, -0.2) is 12.1 Å². The molecule has 2 rings (SSSR count). The molecule has 0 bridgehead atoms. The standard InChI is InChI=1S/C16H24FN/c1-12-10-14(17)7-6-13(12)11-16(15(2,3)4)8-5-9-18-16/h6-7,10,18H,5,8-9,11H2,1-4H3. The van der Waals surface area contributed by atoms with E-state index in [1.165, 1.54) is 18.4 Å². The van der Waals surface area contributed by atoms with Crippen molar-refractivity contribution in [3.05, 3.63) is 35.1 Å². The van der Waals surface area contributed by atoms with E-state index in [4.69, 9.17) is 0 Å². The summed E-state index contributed by atoms with van der Waals surface area (Å²) in [5, 5.41) is 3.71. The topological polar surface area (TPSA) is 12.0 Å². The van der Waals surface area contributed by atoms with Gasteiger partial charge < -0.3 is 5.32 Å². The van der Waals surface area contributed by atoms with E-state index in [-0.39, 0.29) is 16.8 Å². The summed E-state index contributed by atoms with van der Waals surface area (Å²) >= 11 is 0. The van der Waals surface area contributed by atoms with Gasteiger partial charge in [0, 0.05) is 5.54 Å². The molecule has 100 valence electrons. The van der Waals surface area contributed by atoms with Gasteiger partial charge in [-0.15, -0.1) is 0 Å². The number of aryl methyl sites for hydroxylation is 1. The molecule has 2 heteroatoms. The molecule has 1 N–H and O–H groups in total. The second kappa shape index (κ2) is 4.65. The first-order valence-corrected chi connectivity index (χ1v) is 6.84. The van der Waals surface area contributed by atoms with E-state index < -0.39 is 0 Å². The van der Waals surface area contributed by atoms with E-state index in [2.05, 4.69) is 26.1 Å². The Morgan fingerprint density at radius 2 is 2.06 bits per heavy atom. The van der Waals surface area contributed by atoms with Gasteiger partial charge in [-0.25, -0.2) is 4.39 Å². The van der Waals surface area contributed by atoms with E-state index in [1.54, 1.807) is 12.1 Å². The molecule has 0 aromatic heterocycles. The van der Waals surface area contributed by atoms with Gasteiger partial charge in [0.25, 0.3) is 0 Å². The molecule has 1 aromatic carbocycles. The van der Waals surface area contributed by atoms with Crippen molar-refractivity contribution in [2.45, 2.75) is 52.5 Å². The van der Waals surface area contributed by atoms with Crippen molar-refractivity contribution >= 4 is 0 Å². The zero-order valence-electron chi connectivity index (χ0n) is 11.9. The van der Waals surface area contributed by atoms with Gasteiger partial charge in [0.2, 0.25) is 0 Å². The van der Waals surface area contributed by atoms with Crippen molar-refractivity contribution in [3.8, 4) is 0 Å². The van der Waals surface area contributed by atoms with Crippen LogP contribution in [0.5, 0.6) is 0 Å². The maximum Gasteiger partial charge on any atom is 0.123 e. The van der Waals surface area contributed by atoms with Crippen LogP contribution in [0.4, 0.5) is 4.39 Å². The monoisotopic (exact) mass is 249 g/mol. The maximum atomic E-state index is 13.2. The minimum atomic E-state index is -0.138. The largest absolute Gasteiger partial charge is 0.310 e. The number of rotatable bonds is 2. The molecule has 1 unspecified atom stereocenters. The predicted molar refractivity (Wildman–Crippen MR) is 74.3 cm³/mol. The van der Waals surface area contributed by atoms with Gasteiger partial charge in [-0.05, 0) is 61.4 Å². The maximum absolute atomic E-state index is 13.2. The summed E-state index contributed by atoms with van der Waals surface area (Å²) in [6.07, 6.45) is 3.42. The van der Waals surface area contributed by atoms with E-state index in [1.807, 2.05) is 13.0 Å². The normalized spacial score (nSPS) is 24.5. The third-order valence-corrected chi connectivity index (χ3v) is 4.48. The highest BCUT2D eigenvalue weighted by Crippen LogP contribution is 2.40. The molecule has 1 aromatic rings. The zero-order chi connectivity index (χ0) is 13.4. The van der Waals surface area contributed by atoms with Gasteiger partial charge >= 0.3 is 0 Å². The summed E-state index contributed by atoms with van der Waals surface area (Å²) in [6, 6.07) is 5.16. The van der Waals surface area contributed by atoms with Crippen LogP contribution in [0.3, 0.4) is 0 Å². The second-order valence-corrected chi connectivity index (χ2v) is 6.61. The van der Waals surface area contributed by atoms with Crippen molar-refractivity contribution in [2.24, 2.45) is 5.41 Å². The van der Waals surface area contributed by atoms with Crippen molar-refractivity contribution < 1.29 is 4.39 Å². The molecule has 1 atom stereocenters. The number of hydrogen-bond donors (Lipinski definition) is 1. The van der Waals surface area contributed by atoms with Gasteiger partial charge in [-0.3, -0.25) is 0 Å². The molecule has 1 heterocycles. The van der Waals surface area contributed by atoms with Gasteiger partial charge in [-0.2, -0.15) is 0 Å². The van der Waals surface area contributed by atoms with Crippen LogP contribution in [0.2, 0.25) is 0 Å². The quantitative estimate of drug-likeness (QED) is 0.839. The van der Waals surface area contributed by atoms with E-state index in [0.717, 1.165) is 18.5 Å². The van der Waals surface area contributed by atoms with Crippen LogP contribution < -0.4 is 5.32 Å². The first kappa shape index (κ1) is 13.5. The Bertz CT molecular complexity index is 425. The highest BCUT2D eigenvalue weighted by Gasteiger charge is 2.43. The van der Waals surface area contributed by atoms with Gasteiger partial charge in [0.15, 0.2) is 0 Å². The van der Waals surface area contributed by atoms with Crippen LogP contribution >= 0.6 is 0 Å². The Balaban J connectivity index is 2.30. The first-order valence-electron chi connectivity index (χ1n) is 6.84. The number of nitrogens with one attached hydrogen (secondary N) is 1. The Morgan fingerprint density at radius 3 is 2.56 bits per heavy atom. The Labute approximate surface area is 110 Å². The third-order valence-electron chi connectivity index (χ3n) is 4.48. The van der Waals surface area contributed by atoms with Crippen molar-refractivity contribution in [1.29, 1.82) is 0 Å². The molecule has 0 saturated carbocycles. The predicted octanol–water partition coefficient (Wildman–Crippen LogP) is 3.84. The number of hydrogen-bond acceptors (Lipinski definition) is 1. The van der Waals surface area contributed by atoms with Gasteiger partial charge in [0.05, 0.1) is 0 Å². The molecule has 1 fully saturated rings. The smallest absolute Gasteiger partial charge is 0.123 e. The summed E-state index contributed by atoms with van der Waals surface area (Å²) in [5.74, 6) is -0.138. The van der Waals surface area contributed by atoms with Crippen LogP contribution in [0.15, 0.2) is 18.2 Å². The molecule has 0 spiro atoms. The lowest BCUT2D eigenvalue weighted by Gasteiger charge is -2.43. The lowest BCUT2D eigenvalue weighted by atomic mass is 9.69. The summed E-state index contributed by atoms with van der Waals surface area (Å²) < 4.78 is 13.2. The summed E-state index contributed by atoms with van der Waals surface area (Å²) in [7, 11) is 0. The molecular weight excluding hydrogens is 225 g/mol. The number of benzene rings is 1. The van der Waals surface area contributed by atoms with E-state index in [0.29, 0.717) is 0 Å². The van der Waals surface area contributed by atoms with Crippen LogP contribution in [0.1, 0.15) is 44.7 Å². The fourth-order valence-corrected chi connectivity index (χ4v) is 3.05. The average molecular weight is 249 g/mol. The molecule has 0 radical (unpaired) electrons. The molecule has 1 saturated heterocycles. The highest BCUT2D eigenvalue weighted by atomic mass is 19.1.